The quantitative estimate of drug-likeness (QED) is 0.608. The Labute approximate surface area is 96.7 Å². The Morgan fingerprint density at radius 3 is 2.65 bits per heavy atom. The van der Waals surface area contributed by atoms with E-state index in [1.165, 1.54) is 12.1 Å². The highest BCUT2D eigenvalue weighted by molar-refractivity contribution is 7.91. The number of benzene rings is 1. The van der Waals surface area contributed by atoms with Crippen molar-refractivity contribution in [3.05, 3.63) is 33.9 Å². The van der Waals surface area contributed by atoms with E-state index in [2.05, 4.69) is 0 Å². The Morgan fingerprint density at radius 2 is 2.12 bits per heavy atom. The van der Waals surface area contributed by atoms with Crippen LogP contribution in [-0.2, 0) is 9.84 Å². The van der Waals surface area contributed by atoms with Crippen molar-refractivity contribution in [1.82, 2.24) is 0 Å². The summed E-state index contributed by atoms with van der Waals surface area (Å²) in [7, 11) is -3.61. The molecule has 7 nitrogen and oxygen atoms in total. The predicted molar refractivity (Wildman–Crippen MR) is 57.3 cm³/mol. The smallest absolute Gasteiger partial charge is 0.270 e. The van der Waals surface area contributed by atoms with Crippen LogP contribution in [-0.4, -0.2) is 31.0 Å². The van der Waals surface area contributed by atoms with Gasteiger partial charge in [0.05, 0.1) is 4.92 Å². The van der Waals surface area contributed by atoms with Gasteiger partial charge in [-0.25, -0.2) is 8.42 Å². The van der Waals surface area contributed by atoms with Crippen LogP contribution in [0, 0.1) is 10.1 Å². The summed E-state index contributed by atoms with van der Waals surface area (Å²) in [6.45, 7) is 0. The number of hydrogen-bond acceptors (Lipinski definition) is 6. The molecule has 0 aliphatic carbocycles. The molecule has 0 saturated carbocycles. The first-order valence-electron chi connectivity index (χ1n) is 4.62. The molecule has 17 heavy (non-hydrogen) atoms. The zero-order valence-electron chi connectivity index (χ0n) is 8.73. The molecule has 92 valence electrons. The van der Waals surface area contributed by atoms with Gasteiger partial charge in [-0.3, -0.25) is 10.1 Å². The van der Waals surface area contributed by atoms with Crippen molar-refractivity contribution in [2.24, 2.45) is 0 Å². The van der Waals surface area contributed by atoms with Crippen molar-refractivity contribution in [3.63, 3.8) is 0 Å². The second kappa shape index (κ2) is 3.67. The van der Waals surface area contributed by atoms with E-state index in [9.17, 15) is 23.6 Å². The van der Waals surface area contributed by atoms with Crippen molar-refractivity contribution in [1.29, 1.82) is 0 Å². The first kappa shape index (κ1) is 11.8. The summed E-state index contributed by atoms with van der Waals surface area (Å²) in [5.41, 5.74) is -0.121. The molecule has 1 aliphatic rings. The summed E-state index contributed by atoms with van der Waals surface area (Å²) < 4.78 is 27.9. The molecule has 0 aromatic heterocycles. The van der Waals surface area contributed by atoms with E-state index < -0.39 is 26.3 Å². The van der Waals surface area contributed by atoms with E-state index in [1.807, 2.05) is 0 Å². The van der Waals surface area contributed by atoms with Crippen LogP contribution in [0.2, 0.25) is 0 Å². The average Bonchev–Trinajstić information content (AvgIpc) is 2.51. The number of ether oxygens (including phenoxy) is 1. The molecule has 2 rings (SSSR count). The number of aliphatic hydroxyl groups is 1. The Morgan fingerprint density at radius 1 is 1.47 bits per heavy atom. The summed E-state index contributed by atoms with van der Waals surface area (Å²) in [4.78, 5) is 9.96. The van der Waals surface area contributed by atoms with Crippen molar-refractivity contribution in [2.45, 2.75) is 11.5 Å². The molecule has 1 aliphatic heterocycles. The van der Waals surface area contributed by atoms with Crippen LogP contribution in [0.15, 0.2) is 18.2 Å². The van der Waals surface area contributed by atoms with Crippen LogP contribution in [0.5, 0.6) is 5.75 Å². The number of sulfone groups is 1. The van der Waals surface area contributed by atoms with Gasteiger partial charge in [-0.2, -0.15) is 0 Å². The third kappa shape index (κ3) is 1.96. The van der Waals surface area contributed by atoms with Gasteiger partial charge in [0.2, 0.25) is 6.29 Å². The maximum absolute atomic E-state index is 11.5. The lowest BCUT2D eigenvalue weighted by Gasteiger charge is -2.10. The van der Waals surface area contributed by atoms with Crippen LogP contribution in [0.1, 0.15) is 10.8 Å². The monoisotopic (exact) mass is 259 g/mol. The second-order valence-corrected chi connectivity index (χ2v) is 5.90. The topological polar surface area (TPSA) is 107 Å². The standard InChI is InChI=1S/C9H9NO6S/c1-17(14,15)8-6-4-5(10(12)13)2-3-7(6)16-9(8)11/h2-4,8-9,11H,1H3/t8-,9-/m0/s1. The maximum atomic E-state index is 11.5. The fraction of sp³-hybridized carbons (Fsp3) is 0.333. The number of rotatable bonds is 2. The van der Waals surface area contributed by atoms with Crippen LogP contribution < -0.4 is 4.74 Å². The van der Waals surface area contributed by atoms with Crippen molar-refractivity contribution >= 4 is 15.5 Å². The van der Waals surface area contributed by atoms with Crippen LogP contribution in [0.3, 0.4) is 0 Å². The number of non-ortho nitro benzene ring substituents is 1. The highest BCUT2D eigenvalue weighted by atomic mass is 32.2. The molecule has 1 aromatic rings. The minimum atomic E-state index is -3.61. The van der Waals surface area contributed by atoms with Gasteiger partial charge in [-0.1, -0.05) is 0 Å². The number of aliphatic hydroxyl groups excluding tert-OH is 1. The average molecular weight is 259 g/mol. The third-order valence-electron chi connectivity index (χ3n) is 2.48. The zero-order valence-corrected chi connectivity index (χ0v) is 9.55. The van der Waals surface area contributed by atoms with E-state index >= 15 is 0 Å². The van der Waals surface area contributed by atoms with Crippen LogP contribution in [0.25, 0.3) is 0 Å². The summed E-state index contributed by atoms with van der Waals surface area (Å²) in [5.74, 6) is 0.151. The molecule has 0 spiro atoms. The van der Waals surface area contributed by atoms with Gasteiger partial charge >= 0.3 is 0 Å². The lowest BCUT2D eigenvalue weighted by Crippen LogP contribution is -2.24. The number of nitrogens with zero attached hydrogens (tertiary/aromatic N) is 1. The van der Waals surface area contributed by atoms with Crippen molar-refractivity contribution in [2.75, 3.05) is 6.26 Å². The van der Waals surface area contributed by atoms with Gasteiger partial charge in [-0.05, 0) is 6.07 Å². The summed E-state index contributed by atoms with van der Waals surface area (Å²) in [6.07, 6.45) is -0.583. The van der Waals surface area contributed by atoms with Gasteiger partial charge in [0.1, 0.15) is 5.75 Å². The summed E-state index contributed by atoms with van der Waals surface area (Å²) in [6, 6.07) is 3.58. The number of hydrogen-bond donors (Lipinski definition) is 1. The second-order valence-electron chi connectivity index (χ2n) is 3.74. The van der Waals surface area contributed by atoms with Gasteiger partial charge in [0, 0.05) is 24.0 Å². The summed E-state index contributed by atoms with van der Waals surface area (Å²) in [5, 5.41) is 18.8. The molecule has 0 bridgehead atoms. The largest absolute Gasteiger partial charge is 0.463 e. The summed E-state index contributed by atoms with van der Waals surface area (Å²) >= 11 is 0. The van der Waals surface area contributed by atoms with Gasteiger partial charge < -0.3 is 9.84 Å². The van der Waals surface area contributed by atoms with Gasteiger partial charge in [0.25, 0.3) is 5.69 Å². The third-order valence-corrected chi connectivity index (χ3v) is 3.89. The minimum absolute atomic E-state index is 0.120. The van der Waals surface area contributed by atoms with Crippen LogP contribution >= 0.6 is 0 Å². The molecule has 1 N–H and O–H groups in total. The first-order valence-corrected chi connectivity index (χ1v) is 6.58. The zero-order chi connectivity index (χ0) is 12.8. The SMILES string of the molecule is CS(=O)(=O)[C@H]1c2cc([N+](=O)[O-])ccc2O[C@@H]1O. The molecule has 0 fully saturated rings. The Kier molecular flexibility index (Phi) is 2.55. The maximum Gasteiger partial charge on any atom is 0.270 e. The Balaban J connectivity index is 2.58. The van der Waals surface area contributed by atoms with E-state index in [-0.39, 0.29) is 17.0 Å². The van der Waals surface area contributed by atoms with E-state index in [1.54, 1.807) is 0 Å². The lowest BCUT2D eigenvalue weighted by molar-refractivity contribution is -0.384. The normalized spacial score (nSPS) is 22.9. The van der Waals surface area contributed by atoms with E-state index in [0.29, 0.717) is 0 Å². The van der Waals surface area contributed by atoms with E-state index in [4.69, 9.17) is 4.74 Å². The van der Waals surface area contributed by atoms with Gasteiger partial charge in [-0.15, -0.1) is 0 Å². The van der Waals surface area contributed by atoms with Crippen molar-refractivity contribution in [3.8, 4) is 5.75 Å². The first-order chi connectivity index (χ1) is 7.80. The molecular formula is C9H9NO6S. The molecule has 0 amide bonds. The molecule has 0 radical (unpaired) electrons. The highest BCUT2D eigenvalue weighted by Gasteiger charge is 2.41. The number of nitro benzene ring substituents is 1. The van der Waals surface area contributed by atoms with Crippen molar-refractivity contribution < 1.29 is 23.2 Å². The Bertz CT molecular complexity index is 581. The number of nitro groups is 1. The molecule has 0 unspecified atom stereocenters. The number of fused-ring (bicyclic) bond motifs is 1. The highest BCUT2D eigenvalue weighted by Crippen LogP contribution is 2.41. The molecular weight excluding hydrogens is 250 g/mol. The minimum Gasteiger partial charge on any atom is -0.463 e. The van der Waals surface area contributed by atoms with E-state index in [0.717, 1.165) is 12.3 Å². The molecule has 1 heterocycles. The Hall–Kier alpha value is -1.67. The van der Waals surface area contributed by atoms with Crippen LogP contribution in [0.4, 0.5) is 5.69 Å². The fourth-order valence-electron chi connectivity index (χ4n) is 1.77. The fourth-order valence-corrected chi connectivity index (χ4v) is 2.89. The molecule has 8 heteroatoms. The molecule has 2 atom stereocenters. The predicted octanol–water partition coefficient (Wildman–Crippen LogP) is 0.391. The molecule has 0 saturated heterocycles. The molecule has 1 aromatic carbocycles. The lowest BCUT2D eigenvalue weighted by atomic mass is 10.1. The van der Waals surface area contributed by atoms with Gasteiger partial charge in [0.15, 0.2) is 15.1 Å².